The SMILES string of the molecule is NCCCCCCc1nc(C2CC3CCC2O3)no1. The predicted octanol–water partition coefficient (Wildman–Crippen LogP) is 2.17. The van der Waals surface area contributed by atoms with E-state index in [9.17, 15) is 0 Å². The van der Waals surface area contributed by atoms with E-state index in [0.29, 0.717) is 18.1 Å². The van der Waals surface area contributed by atoms with Crippen LogP contribution >= 0.6 is 0 Å². The number of rotatable bonds is 7. The summed E-state index contributed by atoms with van der Waals surface area (Å²) in [6.07, 6.45) is 9.68. The van der Waals surface area contributed by atoms with Crippen LogP contribution in [0.25, 0.3) is 0 Å². The van der Waals surface area contributed by atoms with Gasteiger partial charge in [0.05, 0.1) is 18.1 Å². The number of ether oxygens (including phenoxy) is 1. The van der Waals surface area contributed by atoms with Crippen molar-refractivity contribution in [3.63, 3.8) is 0 Å². The first-order valence-electron chi connectivity index (χ1n) is 7.55. The van der Waals surface area contributed by atoms with Crippen LogP contribution in [-0.4, -0.2) is 28.9 Å². The molecule has 0 spiro atoms. The first-order valence-corrected chi connectivity index (χ1v) is 7.55. The van der Waals surface area contributed by atoms with Gasteiger partial charge in [-0.05, 0) is 38.6 Å². The second-order valence-electron chi connectivity index (χ2n) is 5.72. The molecule has 0 saturated carbocycles. The normalized spacial score (nSPS) is 29.2. The van der Waals surface area contributed by atoms with Gasteiger partial charge in [-0.2, -0.15) is 4.98 Å². The zero-order chi connectivity index (χ0) is 13.1. The molecule has 3 unspecified atom stereocenters. The summed E-state index contributed by atoms with van der Waals surface area (Å²) >= 11 is 0. The third kappa shape index (κ3) is 2.98. The van der Waals surface area contributed by atoms with E-state index in [0.717, 1.165) is 50.4 Å². The molecule has 0 aliphatic carbocycles. The van der Waals surface area contributed by atoms with E-state index < -0.39 is 0 Å². The second kappa shape index (κ2) is 6.01. The zero-order valence-electron chi connectivity index (χ0n) is 11.4. The quantitative estimate of drug-likeness (QED) is 0.765. The minimum Gasteiger partial charge on any atom is -0.374 e. The fourth-order valence-electron chi connectivity index (χ4n) is 3.20. The van der Waals surface area contributed by atoms with Gasteiger partial charge in [-0.3, -0.25) is 0 Å². The summed E-state index contributed by atoms with van der Waals surface area (Å²) in [5, 5.41) is 4.15. The topological polar surface area (TPSA) is 74.2 Å². The van der Waals surface area contributed by atoms with Gasteiger partial charge in [0.1, 0.15) is 0 Å². The van der Waals surface area contributed by atoms with Gasteiger partial charge in [0, 0.05) is 6.42 Å². The Morgan fingerprint density at radius 2 is 2.05 bits per heavy atom. The van der Waals surface area contributed by atoms with Crippen LogP contribution in [0.5, 0.6) is 0 Å². The molecule has 2 fully saturated rings. The lowest BCUT2D eigenvalue weighted by Crippen LogP contribution is -2.15. The van der Waals surface area contributed by atoms with Crippen molar-refractivity contribution in [1.29, 1.82) is 0 Å². The number of unbranched alkanes of at least 4 members (excludes halogenated alkanes) is 3. The van der Waals surface area contributed by atoms with Crippen molar-refractivity contribution in [2.24, 2.45) is 5.73 Å². The molecule has 5 heteroatoms. The number of nitrogens with two attached hydrogens (primary N) is 1. The molecule has 2 aliphatic rings. The molecule has 2 aliphatic heterocycles. The molecular weight excluding hydrogens is 242 g/mol. The molecule has 19 heavy (non-hydrogen) atoms. The number of nitrogens with zero attached hydrogens (tertiary/aromatic N) is 2. The number of hydrogen-bond donors (Lipinski definition) is 1. The Labute approximate surface area is 113 Å². The van der Waals surface area contributed by atoms with Gasteiger partial charge >= 0.3 is 0 Å². The summed E-state index contributed by atoms with van der Waals surface area (Å²) in [6.45, 7) is 0.787. The maximum Gasteiger partial charge on any atom is 0.226 e. The van der Waals surface area contributed by atoms with Crippen LogP contribution in [0.2, 0.25) is 0 Å². The molecule has 106 valence electrons. The Bertz CT molecular complexity index is 407. The molecule has 3 heterocycles. The molecule has 1 aromatic rings. The van der Waals surface area contributed by atoms with E-state index in [1.54, 1.807) is 0 Å². The average molecular weight is 265 g/mol. The van der Waals surface area contributed by atoms with Crippen molar-refractivity contribution in [1.82, 2.24) is 10.1 Å². The lowest BCUT2D eigenvalue weighted by Gasteiger charge is -2.13. The standard InChI is InChI=1S/C14H23N3O2/c15-8-4-2-1-3-5-13-16-14(17-19-13)11-9-10-6-7-12(11)18-10/h10-12H,1-9,15H2. The van der Waals surface area contributed by atoms with Crippen LogP contribution < -0.4 is 5.73 Å². The van der Waals surface area contributed by atoms with Crippen LogP contribution in [0.1, 0.15) is 62.6 Å². The third-order valence-corrected chi connectivity index (χ3v) is 4.27. The van der Waals surface area contributed by atoms with Crippen LogP contribution in [0, 0.1) is 0 Å². The van der Waals surface area contributed by atoms with Gasteiger partial charge < -0.3 is 15.0 Å². The third-order valence-electron chi connectivity index (χ3n) is 4.27. The molecule has 5 nitrogen and oxygen atoms in total. The van der Waals surface area contributed by atoms with Gasteiger partial charge in [-0.1, -0.05) is 18.0 Å². The fourth-order valence-corrected chi connectivity index (χ4v) is 3.20. The largest absolute Gasteiger partial charge is 0.374 e. The summed E-state index contributed by atoms with van der Waals surface area (Å²) in [6, 6.07) is 0. The van der Waals surface area contributed by atoms with Gasteiger partial charge in [0.2, 0.25) is 5.89 Å². The molecule has 3 rings (SSSR count). The van der Waals surface area contributed by atoms with E-state index in [1.165, 1.54) is 19.3 Å². The van der Waals surface area contributed by atoms with E-state index in [4.69, 9.17) is 15.0 Å². The van der Waals surface area contributed by atoms with Crippen LogP contribution in [0.15, 0.2) is 4.52 Å². The van der Waals surface area contributed by atoms with E-state index in [1.807, 2.05) is 0 Å². The van der Waals surface area contributed by atoms with Gasteiger partial charge in [-0.25, -0.2) is 0 Å². The molecule has 1 aromatic heterocycles. The Balaban J connectivity index is 1.47. The van der Waals surface area contributed by atoms with Crippen LogP contribution in [-0.2, 0) is 11.2 Å². The van der Waals surface area contributed by atoms with Crippen molar-refractivity contribution in [2.75, 3.05) is 6.54 Å². The highest BCUT2D eigenvalue weighted by molar-refractivity contribution is 5.06. The molecule has 0 amide bonds. The Kier molecular flexibility index (Phi) is 4.13. The molecule has 3 atom stereocenters. The molecule has 0 aromatic carbocycles. The van der Waals surface area contributed by atoms with E-state index >= 15 is 0 Å². The Morgan fingerprint density at radius 1 is 1.16 bits per heavy atom. The minimum atomic E-state index is 0.333. The molecule has 2 N–H and O–H groups in total. The molecular formula is C14H23N3O2. The fraction of sp³-hybridized carbons (Fsp3) is 0.857. The number of aryl methyl sites for hydroxylation is 1. The monoisotopic (exact) mass is 265 g/mol. The summed E-state index contributed by atoms with van der Waals surface area (Å²) in [4.78, 5) is 4.55. The van der Waals surface area contributed by atoms with Gasteiger partial charge in [0.15, 0.2) is 5.82 Å². The van der Waals surface area contributed by atoms with Crippen molar-refractivity contribution in [3.05, 3.63) is 11.7 Å². The van der Waals surface area contributed by atoms with Crippen molar-refractivity contribution < 1.29 is 9.26 Å². The Morgan fingerprint density at radius 3 is 2.79 bits per heavy atom. The van der Waals surface area contributed by atoms with E-state index in [2.05, 4.69) is 10.1 Å². The summed E-state index contributed by atoms with van der Waals surface area (Å²) in [5.41, 5.74) is 5.47. The minimum absolute atomic E-state index is 0.333. The van der Waals surface area contributed by atoms with Crippen molar-refractivity contribution in [2.45, 2.75) is 69.5 Å². The second-order valence-corrected chi connectivity index (χ2v) is 5.72. The molecule has 2 bridgehead atoms. The zero-order valence-corrected chi connectivity index (χ0v) is 11.4. The highest BCUT2D eigenvalue weighted by atomic mass is 16.5. The van der Waals surface area contributed by atoms with Crippen LogP contribution in [0.3, 0.4) is 0 Å². The average Bonchev–Trinajstić information content (AvgIpc) is 3.14. The van der Waals surface area contributed by atoms with Crippen molar-refractivity contribution in [3.8, 4) is 0 Å². The Hall–Kier alpha value is -0.940. The van der Waals surface area contributed by atoms with Gasteiger partial charge in [-0.15, -0.1) is 0 Å². The lowest BCUT2D eigenvalue weighted by atomic mass is 9.89. The molecule has 0 radical (unpaired) electrons. The summed E-state index contributed by atoms with van der Waals surface area (Å²) in [5.74, 6) is 2.02. The van der Waals surface area contributed by atoms with Gasteiger partial charge in [0.25, 0.3) is 0 Å². The maximum absolute atomic E-state index is 5.84. The number of aromatic nitrogens is 2. The first kappa shape index (κ1) is 13.1. The highest BCUT2D eigenvalue weighted by Gasteiger charge is 2.43. The lowest BCUT2D eigenvalue weighted by molar-refractivity contribution is 0.0996. The smallest absolute Gasteiger partial charge is 0.226 e. The van der Waals surface area contributed by atoms with Crippen molar-refractivity contribution >= 4 is 0 Å². The number of fused-ring (bicyclic) bond motifs is 2. The maximum atomic E-state index is 5.84. The first-order chi connectivity index (χ1) is 9.36. The number of hydrogen-bond acceptors (Lipinski definition) is 5. The van der Waals surface area contributed by atoms with E-state index in [-0.39, 0.29) is 0 Å². The van der Waals surface area contributed by atoms with Crippen LogP contribution in [0.4, 0.5) is 0 Å². The predicted molar refractivity (Wildman–Crippen MR) is 70.8 cm³/mol. The highest BCUT2D eigenvalue weighted by Crippen LogP contribution is 2.43. The molecule has 2 saturated heterocycles. The summed E-state index contributed by atoms with van der Waals surface area (Å²) in [7, 11) is 0. The summed E-state index contributed by atoms with van der Waals surface area (Å²) < 4.78 is 11.2.